The molecule has 1 saturated carbocycles. The molecule has 0 spiro atoms. The molecule has 1 fully saturated rings. The molecule has 3 aliphatic carbocycles. The summed E-state index contributed by atoms with van der Waals surface area (Å²) in [5.74, 6) is 0. The smallest absolute Gasteiger partial charge is 0.0951 e. The Balaban J connectivity index is 2.28. The van der Waals surface area contributed by atoms with Gasteiger partial charge in [-0.3, -0.25) is 0 Å². The monoisotopic (exact) mass is 352 g/mol. The Labute approximate surface area is 117 Å². The highest BCUT2D eigenvalue weighted by molar-refractivity contribution is 9.10. The second-order valence-corrected chi connectivity index (χ2v) is 6.96. The number of nitrogens with zero attached hydrogens (tertiary/aromatic N) is 2. The van der Waals surface area contributed by atoms with E-state index in [1.54, 1.807) is 0 Å². The Bertz CT molecular complexity index is 489. The summed E-state index contributed by atoms with van der Waals surface area (Å²) in [4.78, 5) is 0.223. The molecule has 0 aromatic carbocycles. The molecular weight excluding hydrogens is 344 g/mol. The minimum Gasteiger partial charge on any atom is -0.193 e. The van der Waals surface area contributed by atoms with E-state index in [-0.39, 0.29) is 20.5 Å². The lowest BCUT2D eigenvalue weighted by atomic mass is 9.65. The van der Waals surface area contributed by atoms with Crippen molar-refractivity contribution in [1.29, 1.82) is 10.5 Å². The molecular formula is C13H10Br2N2. The van der Waals surface area contributed by atoms with E-state index in [1.807, 2.05) is 12.2 Å². The summed E-state index contributed by atoms with van der Waals surface area (Å²) in [5.41, 5.74) is 1.34. The number of halogens is 2. The molecule has 4 heteroatoms. The zero-order valence-corrected chi connectivity index (χ0v) is 12.3. The van der Waals surface area contributed by atoms with Gasteiger partial charge in [0.2, 0.25) is 0 Å². The summed E-state index contributed by atoms with van der Waals surface area (Å²) < 4.78 is 0. The largest absolute Gasteiger partial charge is 0.193 e. The molecule has 2 nitrogen and oxygen atoms in total. The molecule has 3 rings (SSSR count). The topological polar surface area (TPSA) is 47.6 Å². The minimum atomic E-state index is -0.180. The first-order valence-electron chi connectivity index (χ1n) is 5.66. The molecule has 0 heterocycles. The van der Waals surface area contributed by atoms with Crippen molar-refractivity contribution >= 4 is 31.9 Å². The van der Waals surface area contributed by atoms with Gasteiger partial charge in [-0.15, -0.1) is 0 Å². The second kappa shape index (κ2) is 3.46. The summed E-state index contributed by atoms with van der Waals surface area (Å²) in [5, 5.41) is 18.8. The molecule has 86 valence electrons. The van der Waals surface area contributed by atoms with Gasteiger partial charge in [-0.2, -0.15) is 10.5 Å². The number of rotatable bonds is 0. The summed E-state index contributed by atoms with van der Waals surface area (Å²) in [6.45, 7) is 0. The molecule has 17 heavy (non-hydrogen) atoms. The minimum absolute atomic E-state index is 0.112. The lowest BCUT2D eigenvalue weighted by molar-refractivity contribution is 0.230. The third-order valence-corrected chi connectivity index (χ3v) is 6.80. The predicted molar refractivity (Wildman–Crippen MR) is 71.5 cm³/mol. The lowest BCUT2D eigenvalue weighted by Gasteiger charge is -2.40. The van der Waals surface area contributed by atoms with E-state index >= 15 is 0 Å². The predicted octanol–water partition coefficient (Wildman–Crippen LogP) is 3.60. The first-order valence-corrected chi connectivity index (χ1v) is 7.49. The molecule has 0 aromatic rings. The molecule has 0 amide bonds. The van der Waals surface area contributed by atoms with Crippen molar-refractivity contribution in [2.75, 3.05) is 0 Å². The lowest BCUT2D eigenvalue weighted by Crippen LogP contribution is -2.41. The molecule has 0 unspecified atom stereocenters. The number of alkyl halides is 2. The highest BCUT2D eigenvalue weighted by Crippen LogP contribution is 2.73. The van der Waals surface area contributed by atoms with Crippen LogP contribution < -0.4 is 0 Å². The van der Waals surface area contributed by atoms with Gasteiger partial charge in [0.05, 0.1) is 12.1 Å². The van der Waals surface area contributed by atoms with Crippen molar-refractivity contribution in [3.05, 3.63) is 23.3 Å². The third-order valence-electron chi connectivity index (χ3n) is 4.71. The fraction of sp³-hybridized carbons (Fsp3) is 0.538. The Morgan fingerprint density at radius 3 is 1.76 bits per heavy atom. The van der Waals surface area contributed by atoms with Gasteiger partial charge in [0.15, 0.2) is 0 Å². The molecule has 0 aliphatic heterocycles. The normalized spacial score (nSPS) is 46.6. The molecule has 0 aromatic heterocycles. The van der Waals surface area contributed by atoms with E-state index < -0.39 is 0 Å². The van der Waals surface area contributed by atoms with Gasteiger partial charge in [-0.05, 0) is 12.8 Å². The van der Waals surface area contributed by atoms with Crippen LogP contribution >= 0.6 is 31.9 Å². The zero-order valence-electron chi connectivity index (χ0n) is 9.08. The van der Waals surface area contributed by atoms with E-state index in [1.165, 1.54) is 0 Å². The molecule has 0 saturated heterocycles. The number of hydrogen-bond acceptors (Lipinski definition) is 2. The molecule has 0 radical (unpaired) electrons. The molecule has 4 atom stereocenters. The average Bonchev–Trinajstić information content (AvgIpc) is 2.89. The van der Waals surface area contributed by atoms with Crippen LogP contribution in [0.5, 0.6) is 0 Å². The first-order chi connectivity index (χ1) is 8.13. The summed E-state index contributed by atoms with van der Waals surface area (Å²) in [7, 11) is 0. The van der Waals surface area contributed by atoms with Crippen LogP contribution in [-0.4, -0.2) is 9.65 Å². The Morgan fingerprint density at radius 2 is 1.41 bits per heavy atom. The third kappa shape index (κ3) is 1.01. The van der Waals surface area contributed by atoms with Crippen LogP contribution in [0.15, 0.2) is 23.3 Å². The number of nitriles is 2. The van der Waals surface area contributed by atoms with Gasteiger partial charge in [-0.25, -0.2) is 0 Å². The van der Waals surface area contributed by atoms with Crippen molar-refractivity contribution < 1.29 is 0 Å². The molecule has 3 aliphatic rings. The molecule has 0 N–H and O–H groups in total. The van der Waals surface area contributed by atoms with E-state index in [0.717, 1.165) is 30.4 Å². The van der Waals surface area contributed by atoms with Crippen LogP contribution in [0.4, 0.5) is 0 Å². The van der Waals surface area contributed by atoms with Crippen LogP contribution in [0.3, 0.4) is 0 Å². The van der Waals surface area contributed by atoms with Gasteiger partial charge in [0, 0.05) is 31.6 Å². The highest BCUT2D eigenvalue weighted by atomic mass is 79.9. The van der Waals surface area contributed by atoms with Crippen molar-refractivity contribution in [2.45, 2.75) is 28.9 Å². The Kier molecular flexibility index (Phi) is 2.35. The number of allylic oxidation sites excluding steroid dienone is 4. The first kappa shape index (κ1) is 11.5. The molecule has 0 bridgehead atoms. The maximum absolute atomic E-state index is 9.38. The van der Waals surface area contributed by atoms with Crippen molar-refractivity contribution in [2.24, 2.45) is 10.8 Å². The van der Waals surface area contributed by atoms with Crippen LogP contribution in [0.1, 0.15) is 19.3 Å². The van der Waals surface area contributed by atoms with Crippen molar-refractivity contribution in [3.8, 4) is 12.1 Å². The average molecular weight is 354 g/mol. The van der Waals surface area contributed by atoms with Gasteiger partial charge < -0.3 is 0 Å². The van der Waals surface area contributed by atoms with Gasteiger partial charge in [0.1, 0.15) is 0 Å². The standard InChI is InChI=1S/C13H10Br2N2/c14-10-5-9(7-17)13-3-1-2-12(10,13)8(6-16)4-11(13)15/h4-5,10-11H,1-3H2/t10-,11+,12-,13-/m0/s1. The Morgan fingerprint density at radius 1 is 1.00 bits per heavy atom. The maximum atomic E-state index is 9.38. The van der Waals surface area contributed by atoms with E-state index in [9.17, 15) is 10.5 Å². The van der Waals surface area contributed by atoms with E-state index in [2.05, 4.69) is 44.0 Å². The summed E-state index contributed by atoms with van der Waals surface area (Å²) in [6, 6.07) is 4.71. The van der Waals surface area contributed by atoms with Crippen molar-refractivity contribution in [3.63, 3.8) is 0 Å². The second-order valence-electron chi connectivity index (χ2n) is 4.98. The van der Waals surface area contributed by atoms with Crippen molar-refractivity contribution in [1.82, 2.24) is 0 Å². The Hall–Kier alpha value is -0.580. The fourth-order valence-corrected chi connectivity index (χ4v) is 6.35. The van der Waals surface area contributed by atoms with Crippen LogP contribution in [-0.2, 0) is 0 Å². The maximum Gasteiger partial charge on any atom is 0.0951 e. The SMILES string of the molecule is N#CC1=C[C@H](Br)[C@@]23CCC[C@@]12[C@H](Br)C=C3C#N. The van der Waals surface area contributed by atoms with E-state index in [0.29, 0.717) is 0 Å². The number of hydrogen-bond donors (Lipinski definition) is 0. The quantitative estimate of drug-likeness (QED) is 0.624. The van der Waals surface area contributed by atoms with Crippen LogP contribution in [0.25, 0.3) is 0 Å². The fourth-order valence-electron chi connectivity index (χ4n) is 4.06. The van der Waals surface area contributed by atoms with Gasteiger partial charge in [-0.1, -0.05) is 50.4 Å². The van der Waals surface area contributed by atoms with E-state index in [4.69, 9.17) is 0 Å². The van der Waals surface area contributed by atoms with Gasteiger partial charge in [0.25, 0.3) is 0 Å². The highest BCUT2D eigenvalue weighted by Gasteiger charge is 2.70. The summed E-state index contributed by atoms with van der Waals surface area (Å²) >= 11 is 7.38. The van der Waals surface area contributed by atoms with Gasteiger partial charge >= 0.3 is 0 Å². The van der Waals surface area contributed by atoms with Crippen LogP contribution in [0.2, 0.25) is 0 Å². The summed E-state index contributed by atoms with van der Waals surface area (Å²) in [6.07, 6.45) is 7.09. The zero-order chi connectivity index (χ0) is 12.3. The van der Waals surface area contributed by atoms with Crippen LogP contribution in [0, 0.1) is 33.5 Å².